The van der Waals surface area contributed by atoms with Gasteiger partial charge in [0, 0.05) is 17.4 Å². The Morgan fingerprint density at radius 1 is 1.19 bits per heavy atom. The van der Waals surface area contributed by atoms with E-state index in [2.05, 4.69) is 22.2 Å². The first kappa shape index (κ1) is 16.8. The van der Waals surface area contributed by atoms with Gasteiger partial charge in [0.25, 0.3) is 5.91 Å². The van der Waals surface area contributed by atoms with Crippen molar-refractivity contribution in [3.05, 3.63) is 59.8 Å². The molecule has 3 N–H and O–H groups in total. The smallest absolute Gasteiger partial charge is 0.337 e. The van der Waals surface area contributed by atoms with Crippen molar-refractivity contribution in [2.24, 2.45) is 0 Å². The van der Waals surface area contributed by atoms with Crippen LogP contribution in [0.4, 0.5) is 5.95 Å². The summed E-state index contributed by atoms with van der Waals surface area (Å²) >= 11 is 0. The Balaban J connectivity index is 1.71. The normalized spacial score (nSPS) is 11.1. The molecule has 4 aromatic rings. The molecule has 0 unspecified atom stereocenters. The monoisotopic (exact) mass is 362 g/mol. The molecule has 0 bridgehead atoms. The Morgan fingerprint density at radius 3 is 2.78 bits per heavy atom. The van der Waals surface area contributed by atoms with Gasteiger partial charge in [-0.05, 0) is 30.7 Å². The van der Waals surface area contributed by atoms with Gasteiger partial charge in [0.05, 0.1) is 11.1 Å². The lowest BCUT2D eigenvalue weighted by Gasteiger charge is -2.08. The summed E-state index contributed by atoms with van der Waals surface area (Å²) in [5, 5.41) is 13.0. The molecule has 2 aromatic carbocycles. The first-order valence-corrected chi connectivity index (χ1v) is 8.70. The molecule has 0 radical (unpaired) electrons. The number of aromatic carboxylic acids is 1. The molecule has 0 fully saturated rings. The van der Waals surface area contributed by atoms with Gasteiger partial charge < -0.3 is 14.7 Å². The molecule has 7 heteroatoms. The molecule has 0 aliphatic carbocycles. The first-order valence-electron chi connectivity index (χ1n) is 8.70. The van der Waals surface area contributed by atoms with Crippen molar-refractivity contribution >= 4 is 39.8 Å². The second-order valence-electron chi connectivity index (χ2n) is 6.29. The number of anilines is 1. The zero-order valence-corrected chi connectivity index (χ0v) is 14.7. The molecule has 7 nitrogen and oxygen atoms in total. The summed E-state index contributed by atoms with van der Waals surface area (Å²) in [6.07, 6.45) is 0.894. The van der Waals surface area contributed by atoms with E-state index in [1.165, 1.54) is 6.07 Å². The molecule has 0 aliphatic heterocycles. The summed E-state index contributed by atoms with van der Waals surface area (Å²) < 4.78 is 1.98. The van der Waals surface area contributed by atoms with E-state index in [0.717, 1.165) is 23.9 Å². The van der Waals surface area contributed by atoms with Crippen molar-refractivity contribution in [1.29, 1.82) is 0 Å². The van der Waals surface area contributed by atoms with Crippen molar-refractivity contribution in [2.75, 3.05) is 5.32 Å². The zero-order valence-electron chi connectivity index (χ0n) is 14.7. The number of aromatic nitrogens is 3. The number of nitrogens with zero attached hydrogens (tertiary/aromatic N) is 2. The SMILES string of the molecule is CCCn1c(C(=O)Nc2nc3c(C(=O)O)cccc3[nH]2)cc2ccccc21. The van der Waals surface area contributed by atoms with Gasteiger partial charge in [0.2, 0.25) is 5.95 Å². The average Bonchev–Trinajstić information content (AvgIpc) is 3.22. The minimum Gasteiger partial charge on any atom is -0.478 e. The van der Waals surface area contributed by atoms with Crippen molar-refractivity contribution < 1.29 is 14.7 Å². The molecule has 27 heavy (non-hydrogen) atoms. The van der Waals surface area contributed by atoms with Gasteiger partial charge in [-0.25, -0.2) is 9.78 Å². The quantitative estimate of drug-likeness (QED) is 0.501. The Kier molecular flexibility index (Phi) is 4.12. The van der Waals surface area contributed by atoms with E-state index in [-0.39, 0.29) is 17.4 Å². The molecule has 0 spiro atoms. The molecule has 2 heterocycles. The highest BCUT2D eigenvalue weighted by Crippen LogP contribution is 2.22. The van der Waals surface area contributed by atoms with E-state index in [9.17, 15) is 14.7 Å². The van der Waals surface area contributed by atoms with Crippen molar-refractivity contribution in [1.82, 2.24) is 14.5 Å². The predicted octanol–water partition coefficient (Wildman–Crippen LogP) is 3.88. The zero-order chi connectivity index (χ0) is 19.0. The molecule has 1 amide bonds. The summed E-state index contributed by atoms with van der Waals surface area (Å²) in [5.74, 6) is -1.14. The number of para-hydroxylation sites is 2. The van der Waals surface area contributed by atoms with Crippen LogP contribution in [0.15, 0.2) is 48.5 Å². The van der Waals surface area contributed by atoms with Gasteiger partial charge in [0.1, 0.15) is 11.2 Å². The van der Waals surface area contributed by atoms with Gasteiger partial charge in [-0.15, -0.1) is 0 Å². The second kappa shape index (κ2) is 6.60. The summed E-state index contributed by atoms with van der Waals surface area (Å²) in [5.41, 5.74) is 2.50. The van der Waals surface area contributed by atoms with Crippen LogP contribution in [0.2, 0.25) is 0 Å². The topological polar surface area (TPSA) is 100 Å². The van der Waals surface area contributed by atoms with Crippen molar-refractivity contribution in [2.45, 2.75) is 19.9 Å². The molecule has 4 rings (SSSR count). The van der Waals surface area contributed by atoms with Crippen LogP contribution in [0.3, 0.4) is 0 Å². The Labute approximate surface area is 154 Å². The fourth-order valence-electron chi connectivity index (χ4n) is 3.30. The number of H-pyrrole nitrogens is 1. The van der Waals surface area contributed by atoms with Gasteiger partial charge in [-0.1, -0.05) is 31.2 Å². The molecule has 0 atom stereocenters. The lowest BCUT2D eigenvalue weighted by Crippen LogP contribution is -2.17. The third kappa shape index (κ3) is 2.93. The van der Waals surface area contributed by atoms with Crippen LogP contribution in [-0.2, 0) is 6.54 Å². The fourth-order valence-corrected chi connectivity index (χ4v) is 3.30. The lowest BCUT2D eigenvalue weighted by atomic mass is 10.2. The van der Waals surface area contributed by atoms with Crippen molar-refractivity contribution in [3.63, 3.8) is 0 Å². The van der Waals surface area contributed by atoms with E-state index in [1.807, 2.05) is 34.9 Å². The number of imidazole rings is 1. The molecule has 0 saturated carbocycles. The van der Waals surface area contributed by atoms with E-state index >= 15 is 0 Å². The van der Waals surface area contributed by atoms with Crippen molar-refractivity contribution in [3.8, 4) is 0 Å². The van der Waals surface area contributed by atoms with Gasteiger partial charge in [0.15, 0.2) is 0 Å². The second-order valence-corrected chi connectivity index (χ2v) is 6.29. The van der Waals surface area contributed by atoms with Gasteiger partial charge >= 0.3 is 5.97 Å². The third-order valence-corrected chi connectivity index (χ3v) is 4.47. The number of hydrogen-bond donors (Lipinski definition) is 3. The maximum Gasteiger partial charge on any atom is 0.337 e. The number of fused-ring (bicyclic) bond motifs is 2. The molecule has 0 saturated heterocycles. The van der Waals surface area contributed by atoms with E-state index in [4.69, 9.17) is 0 Å². The molecule has 0 aliphatic rings. The third-order valence-electron chi connectivity index (χ3n) is 4.47. The van der Waals surface area contributed by atoms with E-state index in [1.54, 1.807) is 12.1 Å². The lowest BCUT2D eigenvalue weighted by molar-refractivity contribution is 0.0698. The van der Waals surface area contributed by atoms with Crippen LogP contribution in [0.5, 0.6) is 0 Å². The first-order chi connectivity index (χ1) is 13.1. The van der Waals surface area contributed by atoms with E-state index in [0.29, 0.717) is 16.7 Å². The Hall–Kier alpha value is -3.61. The minimum absolute atomic E-state index is 0.0874. The number of benzene rings is 2. The largest absolute Gasteiger partial charge is 0.478 e. The van der Waals surface area contributed by atoms with Crippen LogP contribution >= 0.6 is 0 Å². The van der Waals surface area contributed by atoms with E-state index < -0.39 is 5.97 Å². The number of carboxylic acid groups (broad SMARTS) is 1. The maximum atomic E-state index is 12.9. The molecular weight excluding hydrogens is 344 g/mol. The van der Waals surface area contributed by atoms with Gasteiger partial charge in [-0.3, -0.25) is 10.1 Å². The summed E-state index contributed by atoms with van der Waals surface area (Å²) in [6.45, 7) is 2.78. The molecular formula is C20H18N4O3. The maximum absolute atomic E-state index is 12.9. The Bertz CT molecular complexity index is 1170. The highest BCUT2D eigenvalue weighted by Gasteiger charge is 2.18. The molecule has 2 aromatic heterocycles. The van der Waals surface area contributed by atoms with Gasteiger partial charge in [-0.2, -0.15) is 0 Å². The van der Waals surface area contributed by atoms with Crippen LogP contribution in [0, 0.1) is 0 Å². The summed E-state index contributed by atoms with van der Waals surface area (Å²) in [4.78, 5) is 31.4. The molecule has 136 valence electrons. The standard InChI is InChI=1S/C20H18N4O3/c1-2-10-24-15-9-4-3-6-12(15)11-16(24)18(25)23-20-21-14-8-5-7-13(19(26)27)17(14)22-20/h3-9,11H,2,10H2,1H3,(H,26,27)(H2,21,22,23,25). The number of carbonyl (C=O) groups is 2. The van der Waals surface area contributed by atoms with Crippen LogP contribution in [0.1, 0.15) is 34.2 Å². The number of aromatic amines is 1. The number of carboxylic acids is 1. The number of nitrogens with one attached hydrogen (secondary N) is 2. The number of amides is 1. The number of aryl methyl sites for hydroxylation is 1. The highest BCUT2D eigenvalue weighted by atomic mass is 16.4. The average molecular weight is 362 g/mol. The summed E-state index contributed by atoms with van der Waals surface area (Å²) in [6, 6.07) is 14.5. The number of hydrogen-bond acceptors (Lipinski definition) is 3. The number of rotatable bonds is 5. The van der Waals surface area contributed by atoms with Crippen LogP contribution in [0.25, 0.3) is 21.9 Å². The van der Waals surface area contributed by atoms with Crippen LogP contribution < -0.4 is 5.32 Å². The van der Waals surface area contributed by atoms with Crippen LogP contribution in [-0.4, -0.2) is 31.5 Å². The fraction of sp³-hybridized carbons (Fsp3) is 0.150. The highest BCUT2D eigenvalue weighted by molar-refractivity contribution is 6.07. The Morgan fingerprint density at radius 2 is 2.00 bits per heavy atom. The summed E-state index contributed by atoms with van der Waals surface area (Å²) in [7, 11) is 0. The predicted molar refractivity (Wildman–Crippen MR) is 103 cm³/mol. The minimum atomic E-state index is -1.06. The number of carbonyl (C=O) groups excluding carboxylic acids is 1.